The third-order valence-electron chi connectivity index (χ3n) is 4.80. The van der Waals surface area contributed by atoms with Crippen LogP contribution >= 0.6 is 0 Å². The van der Waals surface area contributed by atoms with Crippen molar-refractivity contribution >= 4 is 17.5 Å². The molecule has 3 N–H and O–H groups in total. The van der Waals surface area contributed by atoms with Crippen LogP contribution in [-0.2, 0) is 9.59 Å². The maximum Gasteiger partial charge on any atom is 0.240 e. The van der Waals surface area contributed by atoms with Gasteiger partial charge in [-0.3, -0.25) is 14.5 Å². The highest BCUT2D eigenvalue weighted by Gasteiger charge is 2.55. The van der Waals surface area contributed by atoms with E-state index in [0.717, 1.165) is 6.42 Å². The van der Waals surface area contributed by atoms with E-state index in [1.165, 1.54) is 23.1 Å². The zero-order valence-electron chi connectivity index (χ0n) is 12.2. The van der Waals surface area contributed by atoms with Gasteiger partial charge < -0.3 is 10.8 Å². The monoisotopic (exact) mass is 306 g/mol. The summed E-state index contributed by atoms with van der Waals surface area (Å²) in [6.45, 7) is 0. The number of rotatable bonds is 2. The molecule has 3 unspecified atom stereocenters. The number of primary amides is 1. The predicted octanol–water partition coefficient (Wildman–Crippen LogP) is 1.34. The maximum atomic E-state index is 13.5. The van der Waals surface area contributed by atoms with Crippen molar-refractivity contribution in [2.45, 2.75) is 44.2 Å². The molecule has 1 heterocycles. The molecule has 1 saturated carbocycles. The van der Waals surface area contributed by atoms with Crippen molar-refractivity contribution < 1.29 is 19.1 Å². The number of aliphatic hydroxyl groups is 1. The maximum absolute atomic E-state index is 13.5. The highest BCUT2D eigenvalue weighted by molar-refractivity contribution is 6.06. The summed E-state index contributed by atoms with van der Waals surface area (Å²) in [4.78, 5) is 26.0. The highest BCUT2D eigenvalue weighted by atomic mass is 19.1. The minimum Gasteiger partial charge on any atom is -0.393 e. The van der Waals surface area contributed by atoms with Gasteiger partial charge in [-0.25, -0.2) is 4.39 Å². The summed E-state index contributed by atoms with van der Waals surface area (Å²) in [6, 6.07) is 4.81. The number of halogens is 1. The number of nitrogens with two attached hydrogens (primary N) is 1. The summed E-state index contributed by atoms with van der Waals surface area (Å²) >= 11 is 0. The van der Waals surface area contributed by atoms with Gasteiger partial charge in [-0.1, -0.05) is 6.07 Å². The Labute approximate surface area is 127 Å². The average Bonchev–Trinajstić information content (AvgIpc) is 2.72. The number of aliphatic hydroxyl groups excluding tert-OH is 1. The van der Waals surface area contributed by atoms with Crippen LogP contribution in [0.5, 0.6) is 0 Å². The van der Waals surface area contributed by atoms with E-state index >= 15 is 0 Å². The van der Waals surface area contributed by atoms with Gasteiger partial charge in [0, 0.05) is 5.69 Å². The molecule has 1 spiro atoms. The molecule has 3 atom stereocenters. The van der Waals surface area contributed by atoms with Crippen molar-refractivity contribution in [2.75, 3.05) is 4.90 Å². The van der Waals surface area contributed by atoms with E-state index in [1.807, 2.05) is 0 Å². The van der Waals surface area contributed by atoms with Crippen molar-refractivity contribution in [1.29, 1.82) is 0 Å². The minimum absolute atomic E-state index is 0.236. The Balaban J connectivity index is 2.00. The number of benzene rings is 1. The number of hydrogen-bond acceptors (Lipinski definition) is 3. The Morgan fingerprint density at radius 1 is 1.41 bits per heavy atom. The number of amides is 2. The molecule has 1 aliphatic carbocycles. The molecular formula is C16H19FN2O3. The fourth-order valence-electron chi connectivity index (χ4n) is 3.81. The SMILES string of the molecule is NC(=O)C1CC2(CCCC(O)C2)C(=O)N1c1cccc(F)c1. The van der Waals surface area contributed by atoms with Crippen LogP contribution in [0.15, 0.2) is 24.3 Å². The van der Waals surface area contributed by atoms with E-state index in [9.17, 15) is 19.1 Å². The van der Waals surface area contributed by atoms with Gasteiger partial charge in [-0.15, -0.1) is 0 Å². The largest absolute Gasteiger partial charge is 0.393 e. The molecule has 6 heteroatoms. The smallest absolute Gasteiger partial charge is 0.240 e. The summed E-state index contributed by atoms with van der Waals surface area (Å²) in [5.41, 5.74) is 5.04. The van der Waals surface area contributed by atoms with Gasteiger partial charge in [-0.05, 0) is 50.3 Å². The first-order valence-electron chi connectivity index (χ1n) is 7.49. The predicted molar refractivity (Wildman–Crippen MR) is 78.4 cm³/mol. The van der Waals surface area contributed by atoms with Crippen LogP contribution in [-0.4, -0.2) is 29.1 Å². The molecule has 1 aliphatic heterocycles. The van der Waals surface area contributed by atoms with Gasteiger partial charge in [0.1, 0.15) is 11.9 Å². The molecule has 5 nitrogen and oxygen atoms in total. The van der Waals surface area contributed by atoms with Crippen molar-refractivity contribution in [2.24, 2.45) is 11.1 Å². The van der Waals surface area contributed by atoms with Gasteiger partial charge in [0.05, 0.1) is 11.5 Å². The van der Waals surface area contributed by atoms with Crippen molar-refractivity contribution in [3.63, 3.8) is 0 Å². The molecule has 22 heavy (non-hydrogen) atoms. The summed E-state index contributed by atoms with van der Waals surface area (Å²) < 4.78 is 13.5. The summed E-state index contributed by atoms with van der Waals surface area (Å²) in [5, 5.41) is 9.93. The molecule has 3 rings (SSSR count). The van der Waals surface area contributed by atoms with E-state index in [0.29, 0.717) is 24.9 Å². The Morgan fingerprint density at radius 3 is 2.82 bits per heavy atom. The number of nitrogens with zero attached hydrogens (tertiary/aromatic N) is 1. The van der Waals surface area contributed by atoms with Crippen molar-refractivity contribution in [1.82, 2.24) is 0 Å². The van der Waals surface area contributed by atoms with Crippen LogP contribution in [0.3, 0.4) is 0 Å². The Morgan fingerprint density at radius 2 is 2.18 bits per heavy atom. The van der Waals surface area contributed by atoms with Gasteiger partial charge in [-0.2, -0.15) is 0 Å². The minimum atomic E-state index is -0.792. The lowest BCUT2D eigenvalue weighted by molar-refractivity contribution is -0.129. The molecule has 1 saturated heterocycles. The molecule has 0 aromatic heterocycles. The van der Waals surface area contributed by atoms with Crippen LogP contribution < -0.4 is 10.6 Å². The molecule has 0 radical (unpaired) electrons. The molecule has 2 fully saturated rings. The van der Waals surface area contributed by atoms with Crippen molar-refractivity contribution in [3.05, 3.63) is 30.1 Å². The standard InChI is InChI=1S/C16H19FN2O3/c17-10-3-1-4-11(7-10)19-13(14(18)21)9-16(15(19)22)6-2-5-12(20)8-16/h1,3-4,7,12-13,20H,2,5-6,8-9H2,(H2,18,21). The summed E-state index contributed by atoms with van der Waals surface area (Å²) in [7, 11) is 0. The lowest BCUT2D eigenvalue weighted by Gasteiger charge is -2.34. The van der Waals surface area contributed by atoms with Crippen LogP contribution in [0.2, 0.25) is 0 Å². The molecule has 2 aliphatic rings. The Kier molecular flexibility index (Phi) is 3.64. The van der Waals surface area contributed by atoms with E-state index in [4.69, 9.17) is 5.73 Å². The van der Waals surface area contributed by atoms with E-state index in [2.05, 4.69) is 0 Å². The first kappa shape index (κ1) is 15.0. The Hall–Kier alpha value is -1.95. The zero-order chi connectivity index (χ0) is 15.9. The summed E-state index contributed by atoms with van der Waals surface area (Å²) in [5.74, 6) is -1.31. The van der Waals surface area contributed by atoms with E-state index in [1.54, 1.807) is 6.07 Å². The third kappa shape index (κ3) is 2.37. The molecular weight excluding hydrogens is 287 g/mol. The molecule has 118 valence electrons. The number of carbonyl (C=O) groups is 2. The molecule has 1 aromatic rings. The Bertz CT molecular complexity index is 621. The third-order valence-corrected chi connectivity index (χ3v) is 4.80. The first-order chi connectivity index (χ1) is 10.4. The second-order valence-electron chi connectivity index (χ2n) is 6.31. The van der Waals surface area contributed by atoms with Crippen molar-refractivity contribution in [3.8, 4) is 0 Å². The van der Waals surface area contributed by atoms with E-state index < -0.39 is 29.3 Å². The number of anilines is 1. The fourth-order valence-corrected chi connectivity index (χ4v) is 3.81. The van der Waals surface area contributed by atoms with E-state index in [-0.39, 0.29) is 12.3 Å². The lowest BCUT2D eigenvalue weighted by Crippen LogP contribution is -2.43. The molecule has 0 bridgehead atoms. The van der Waals surface area contributed by atoms with Crippen LogP contribution in [0.4, 0.5) is 10.1 Å². The lowest BCUT2D eigenvalue weighted by atomic mass is 9.71. The van der Waals surface area contributed by atoms with Gasteiger partial charge in [0.2, 0.25) is 11.8 Å². The van der Waals surface area contributed by atoms with Gasteiger partial charge >= 0.3 is 0 Å². The van der Waals surface area contributed by atoms with Crippen LogP contribution in [0, 0.1) is 11.2 Å². The summed E-state index contributed by atoms with van der Waals surface area (Å²) in [6.07, 6.45) is 2.10. The topological polar surface area (TPSA) is 83.6 Å². The van der Waals surface area contributed by atoms with Gasteiger partial charge in [0.15, 0.2) is 0 Å². The highest BCUT2D eigenvalue weighted by Crippen LogP contribution is 2.48. The quantitative estimate of drug-likeness (QED) is 0.865. The van der Waals surface area contributed by atoms with Crippen LogP contribution in [0.25, 0.3) is 0 Å². The fraction of sp³-hybridized carbons (Fsp3) is 0.500. The number of carbonyl (C=O) groups excluding carboxylic acids is 2. The average molecular weight is 306 g/mol. The second-order valence-corrected chi connectivity index (χ2v) is 6.31. The molecule has 1 aromatic carbocycles. The zero-order valence-corrected chi connectivity index (χ0v) is 12.2. The second kappa shape index (κ2) is 5.35. The number of hydrogen-bond donors (Lipinski definition) is 2. The molecule has 2 amide bonds. The first-order valence-corrected chi connectivity index (χ1v) is 7.49. The van der Waals surface area contributed by atoms with Crippen LogP contribution in [0.1, 0.15) is 32.1 Å². The van der Waals surface area contributed by atoms with Gasteiger partial charge in [0.25, 0.3) is 0 Å². The normalized spacial score (nSPS) is 31.7.